The van der Waals surface area contributed by atoms with Crippen LogP contribution in [-0.4, -0.2) is 46.5 Å². The van der Waals surface area contributed by atoms with E-state index < -0.39 is 30.1 Å². The van der Waals surface area contributed by atoms with Crippen molar-refractivity contribution in [2.75, 3.05) is 16.6 Å². The molecule has 0 fully saturated rings. The predicted molar refractivity (Wildman–Crippen MR) is 315 cm³/mol. The molecule has 4 N–H and O–H groups in total. The van der Waals surface area contributed by atoms with E-state index in [-0.39, 0.29) is 33.6 Å². The zero-order valence-electron chi connectivity index (χ0n) is 37.9. The molecule has 8 aromatic carbocycles. The van der Waals surface area contributed by atoms with E-state index in [1.165, 1.54) is 41.4 Å². The van der Waals surface area contributed by atoms with Gasteiger partial charge in [-0.15, -0.1) is 6.42 Å². The number of rotatable bonds is 10. The van der Waals surface area contributed by atoms with E-state index in [0.29, 0.717) is 55.9 Å². The summed E-state index contributed by atoms with van der Waals surface area (Å²) in [4.78, 5) is -0.223. The largest absolute Gasteiger partial charge is 0.507 e. The molecule has 0 bridgehead atoms. The van der Waals surface area contributed by atoms with Crippen LogP contribution in [-0.2, 0) is 30.1 Å². The first-order valence-electron chi connectivity index (χ1n) is 21.0. The van der Waals surface area contributed by atoms with Gasteiger partial charge in [0.05, 0.1) is 29.7 Å². The lowest BCUT2D eigenvalue weighted by molar-refractivity contribution is 0.403. The first kappa shape index (κ1) is 58.9. The number of benzene rings is 8. The van der Waals surface area contributed by atoms with Crippen molar-refractivity contribution in [2.45, 2.75) is 22.1 Å². The molecule has 0 atom stereocenters. The number of phenols is 2. The summed E-state index contributed by atoms with van der Waals surface area (Å²) in [5.74, 6) is 2.24. The Hall–Kier alpha value is -5.96. The van der Waals surface area contributed by atoms with Gasteiger partial charge >= 0.3 is 0 Å². The number of terminal acetylenes is 1. The van der Waals surface area contributed by atoms with Gasteiger partial charge in [-0.05, 0) is 160 Å². The molecule has 382 valence electrons. The average Bonchev–Trinajstić information content (AvgIpc) is 3.77. The molecule has 0 unspecified atom stereocenters. The minimum Gasteiger partial charge on any atom is -0.507 e. The third kappa shape index (κ3) is 15.1. The second kappa shape index (κ2) is 26.5. The number of sulfonamides is 2. The van der Waals surface area contributed by atoms with Crippen molar-refractivity contribution in [1.82, 2.24) is 3.97 Å². The SMILES string of the molecule is C.C#Cc1ccccc1.COc1ccccc1S(=O)(=O)Nc1ccc(Cl)cc1I.O=S(=O)(Nc1ccc(Cl)cc1I)c1ccccc1O.O=S(=O)(c1ccccc1O)n1c(-c2ccccc2)cc2cc(Cl)ccc21. The first-order valence-corrected chi connectivity index (χ1v) is 28.7. The van der Waals surface area contributed by atoms with Crippen LogP contribution in [0.1, 0.15) is 13.0 Å². The molecule has 0 saturated carbocycles. The number of fused-ring (bicyclic) bond motifs is 1. The lowest BCUT2D eigenvalue weighted by atomic mass is 10.1. The monoisotopic (exact) mass is 1330 g/mol. The van der Waals surface area contributed by atoms with Crippen molar-refractivity contribution >= 4 is 132 Å². The Morgan fingerprint density at radius 2 is 0.973 bits per heavy atom. The number of aromatic nitrogens is 1. The number of ether oxygens (including phenoxy) is 1. The number of hydrogen-bond donors (Lipinski definition) is 4. The van der Waals surface area contributed by atoms with Gasteiger partial charge in [-0.2, -0.15) is 0 Å². The molecule has 0 aliphatic heterocycles. The summed E-state index contributed by atoms with van der Waals surface area (Å²) in [7, 11) is -10.1. The number of anilines is 2. The van der Waals surface area contributed by atoms with Crippen molar-refractivity contribution in [3.05, 3.63) is 222 Å². The fourth-order valence-corrected chi connectivity index (χ4v) is 13.2. The quantitative estimate of drug-likeness (QED) is 0.0765. The van der Waals surface area contributed by atoms with Crippen LogP contribution in [0.4, 0.5) is 11.4 Å². The van der Waals surface area contributed by atoms with Crippen molar-refractivity contribution in [3.63, 3.8) is 0 Å². The van der Waals surface area contributed by atoms with Crippen molar-refractivity contribution in [3.8, 4) is 40.8 Å². The van der Waals surface area contributed by atoms with Gasteiger partial charge in [0.15, 0.2) is 0 Å². The Morgan fingerprint density at radius 1 is 0.541 bits per heavy atom. The Morgan fingerprint density at radius 3 is 1.46 bits per heavy atom. The highest BCUT2D eigenvalue weighted by Gasteiger charge is 2.27. The minimum absolute atomic E-state index is 0. The summed E-state index contributed by atoms with van der Waals surface area (Å²) in [5, 5.41) is 22.0. The molecule has 0 saturated heterocycles. The van der Waals surface area contributed by atoms with E-state index in [0.717, 1.165) is 11.1 Å². The summed E-state index contributed by atoms with van der Waals surface area (Å²) < 4.78 is 88.5. The molecule has 12 nitrogen and oxygen atoms in total. The third-order valence-corrected chi connectivity index (χ3v) is 17.1. The summed E-state index contributed by atoms with van der Waals surface area (Å²) >= 11 is 21.7. The summed E-state index contributed by atoms with van der Waals surface area (Å²) in [6, 6.07) is 53.5. The highest BCUT2D eigenvalue weighted by atomic mass is 127. The number of nitrogens with one attached hydrogen (secondary N) is 2. The molecule has 0 spiro atoms. The second-order valence-corrected chi connectivity index (χ2v) is 23.6. The topological polar surface area (TPSA) is 181 Å². The van der Waals surface area contributed by atoms with Crippen LogP contribution in [0.25, 0.3) is 22.2 Å². The van der Waals surface area contributed by atoms with E-state index in [1.807, 2.05) is 106 Å². The highest BCUT2D eigenvalue weighted by Crippen LogP contribution is 2.36. The van der Waals surface area contributed by atoms with Crippen LogP contribution in [0.3, 0.4) is 0 Å². The molecule has 74 heavy (non-hydrogen) atoms. The minimum atomic E-state index is -4.02. The number of phenolic OH excluding ortho intramolecular Hbond substituents is 2. The van der Waals surface area contributed by atoms with E-state index in [4.69, 9.17) is 46.0 Å². The Labute approximate surface area is 473 Å². The van der Waals surface area contributed by atoms with E-state index in [2.05, 4.69) is 15.4 Å². The average molecular weight is 1340 g/mol. The van der Waals surface area contributed by atoms with Gasteiger partial charge in [0.2, 0.25) is 0 Å². The van der Waals surface area contributed by atoms with Crippen LogP contribution in [0.5, 0.6) is 17.2 Å². The normalized spacial score (nSPS) is 10.9. The van der Waals surface area contributed by atoms with Gasteiger partial charge in [-0.3, -0.25) is 9.44 Å². The van der Waals surface area contributed by atoms with E-state index in [9.17, 15) is 35.5 Å². The number of methoxy groups -OCH3 is 1. The molecule has 1 heterocycles. The van der Waals surface area contributed by atoms with E-state index in [1.54, 1.807) is 103 Å². The maximum atomic E-state index is 13.4. The molecule has 9 aromatic rings. The number of nitrogens with zero attached hydrogens (tertiary/aromatic N) is 1. The maximum Gasteiger partial charge on any atom is 0.272 e. The summed E-state index contributed by atoms with van der Waals surface area (Å²) in [6.07, 6.45) is 5.10. The van der Waals surface area contributed by atoms with Gasteiger partial charge in [0.25, 0.3) is 30.1 Å². The van der Waals surface area contributed by atoms with Gasteiger partial charge in [-0.25, -0.2) is 29.2 Å². The Balaban J connectivity index is 0.000000192. The second-order valence-electron chi connectivity index (χ2n) is 14.9. The third-order valence-electron chi connectivity index (χ3n) is 9.98. The van der Waals surface area contributed by atoms with Gasteiger partial charge in [0.1, 0.15) is 31.9 Å². The smallest absolute Gasteiger partial charge is 0.272 e. The molecular weight excluding hydrogens is 1290 g/mol. The Kier molecular flexibility index (Phi) is 21.1. The number of hydrogen-bond acceptors (Lipinski definition) is 9. The maximum absolute atomic E-state index is 13.4. The van der Waals surface area contributed by atoms with Crippen LogP contribution in [0.2, 0.25) is 15.1 Å². The Bertz CT molecular complexity index is 3790. The van der Waals surface area contributed by atoms with Crippen LogP contribution < -0.4 is 14.2 Å². The summed E-state index contributed by atoms with van der Waals surface area (Å²) in [5.41, 5.74) is 3.57. The molecule has 20 heteroatoms. The first-order chi connectivity index (χ1) is 34.7. The van der Waals surface area contributed by atoms with Gasteiger partial charge < -0.3 is 14.9 Å². The fourth-order valence-electron chi connectivity index (χ4n) is 6.61. The van der Waals surface area contributed by atoms with Crippen LogP contribution >= 0.6 is 80.0 Å². The predicted octanol–water partition coefficient (Wildman–Crippen LogP) is 14.4. The molecule has 9 rings (SSSR count). The number of halogens is 5. The van der Waals surface area contributed by atoms with Crippen molar-refractivity contribution in [2.24, 2.45) is 0 Å². The van der Waals surface area contributed by atoms with Gasteiger partial charge in [-0.1, -0.05) is 133 Å². The zero-order valence-corrected chi connectivity index (χ0v) is 46.9. The van der Waals surface area contributed by atoms with Gasteiger partial charge in [0, 0.05) is 33.2 Å². The van der Waals surface area contributed by atoms with E-state index >= 15 is 0 Å². The van der Waals surface area contributed by atoms with Crippen LogP contribution in [0, 0.1) is 19.5 Å². The number of para-hydroxylation sites is 3. The summed E-state index contributed by atoms with van der Waals surface area (Å²) in [6.45, 7) is 0. The molecular formula is C54H44Cl3I2N3O9S3. The fraction of sp³-hybridized carbons (Fsp3) is 0.0370. The van der Waals surface area contributed by atoms with Crippen molar-refractivity contribution in [1.29, 1.82) is 0 Å². The molecule has 0 amide bonds. The standard InChI is InChI=1S/C20H14ClNO3S.C13H11ClINO3S.C12H9ClINO3S.C8H6.CH4/c21-16-10-11-17-15(12-16)13-18(14-6-2-1-3-7-14)22(17)26(24,25)20-9-5-4-8-19(20)23;1-19-12-4-2-3-5-13(12)20(17,18)16-11-7-6-9(14)8-10(11)15;13-8-5-6-10(9(14)7-8)15-19(17,18)12-4-2-1-3-11(12)16;1-2-8-6-4-3-5-7-8;/h1-13,23H;2-8,16H,1H3;1-7,15-16H;1,3-7H;1H4. The molecule has 1 aromatic heterocycles. The van der Waals surface area contributed by atoms with Crippen molar-refractivity contribution < 1.29 is 40.2 Å². The highest BCUT2D eigenvalue weighted by molar-refractivity contribution is 14.1. The lowest BCUT2D eigenvalue weighted by Crippen LogP contribution is -2.14. The number of aromatic hydroxyl groups is 2. The van der Waals surface area contributed by atoms with Crippen LogP contribution in [0.15, 0.2) is 209 Å². The zero-order chi connectivity index (χ0) is 52.9. The molecule has 0 aliphatic carbocycles. The lowest BCUT2D eigenvalue weighted by Gasteiger charge is -2.13. The molecule has 0 radical (unpaired) electrons. The molecule has 0 aliphatic rings.